The highest BCUT2D eigenvalue weighted by Gasteiger charge is 2.12. The van der Waals surface area contributed by atoms with Gasteiger partial charge in [0.05, 0.1) is 6.10 Å². The van der Waals surface area contributed by atoms with Crippen LogP contribution in [-0.4, -0.2) is 79.3 Å². The molecule has 58 heavy (non-hydrogen) atoms. The van der Waals surface area contributed by atoms with Crippen LogP contribution in [0.4, 0.5) is 0 Å². The molecule has 0 aliphatic heterocycles. The van der Waals surface area contributed by atoms with Gasteiger partial charge in [0.1, 0.15) is 0 Å². The lowest BCUT2D eigenvalue weighted by atomic mass is 10.1. The van der Waals surface area contributed by atoms with E-state index < -0.39 is 6.10 Å². The largest absolute Gasteiger partial charge is 0.390 e. The van der Waals surface area contributed by atoms with Crippen LogP contribution in [0.2, 0.25) is 0 Å². The zero-order chi connectivity index (χ0) is 42.3. The lowest BCUT2D eigenvalue weighted by Crippen LogP contribution is -2.38. The van der Waals surface area contributed by atoms with Crippen molar-refractivity contribution in [3.05, 3.63) is 0 Å². The first kappa shape index (κ1) is 57.3. The van der Waals surface area contributed by atoms with Gasteiger partial charge in [-0.1, -0.05) is 233 Å². The van der Waals surface area contributed by atoms with E-state index >= 15 is 0 Å². The molecule has 0 aromatic carbocycles. The van der Waals surface area contributed by atoms with E-state index in [1.807, 2.05) is 0 Å². The number of carbonyl (C=O) groups excluding carboxylic acids is 1. The molecule has 4 N–H and O–H groups in total. The second kappa shape index (κ2) is 49.0. The fourth-order valence-corrected chi connectivity index (χ4v) is 8.57. The van der Waals surface area contributed by atoms with Gasteiger partial charge < -0.3 is 26.0 Å². The molecular formula is C52H108N4O2. The van der Waals surface area contributed by atoms with Gasteiger partial charge in [-0.3, -0.25) is 4.79 Å². The van der Waals surface area contributed by atoms with Crippen molar-refractivity contribution in [1.82, 2.24) is 15.1 Å². The normalized spacial score (nSPS) is 12.3. The number of nitrogens with one attached hydrogen (secondary N) is 1. The Morgan fingerprint density at radius 1 is 0.414 bits per heavy atom. The Morgan fingerprint density at radius 2 is 0.690 bits per heavy atom. The molecule has 0 heterocycles. The van der Waals surface area contributed by atoms with Gasteiger partial charge in [0.15, 0.2) is 0 Å². The van der Waals surface area contributed by atoms with Crippen LogP contribution in [0.25, 0.3) is 0 Å². The number of aliphatic hydroxyl groups excluding tert-OH is 1. The summed E-state index contributed by atoms with van der Waals surface area (Å²) in [6, 6.07) is 0. The highest BCUT2D eigenvalue weighted by molar-refractivity contribution is 5.76. The molecule has 0 fully saturated rings. The Hall–Kier alpha value is -0.690. The number of rotatable bonds is 50. The first-order valence-corrected chi connectivity index (χ1v) is 26.7. The Kier molecular flexibility index (Phi) is 48.4. The Morgan fingerprint density at radius 3 is 1.02 bits per heavy atom. The minimum Gasteiger partial charge on any atom is -0.390 e. The van der Waals surface area contributed by atoms with Crippen LogP contribution in [0.3, 0.4) is 0 Å². The molecule has 348 valence electrons. The quantitative estimate of drug-likeness (QED) is 0.0533. The van der Waals surface area contributed by atoms with E-state index in [4.69, 9.17) is 5.73 Å². The maximum atomic E-state index is 12.9. The number of nitrogens with two attached hydrogens (primary N) is 1. The van der Waals surface area contributed by atoms with Gasteiger partial charge in [0.2, 0.25) is 5.91 Å². The smallest absolute Gasteiger partial charge is 0.221 e. The molecule has 1 atom stereocenters. The van der Waals surface area contributed by atoms with Gasteiger partial charge in [-0.05, 0) is 58.3 Å². The fraction of sp³-hybridized carbons (Fsp3) is 0.981. The standard InChI is InChI=1S/C52H108N4O2/c1-4-7-10-13-16-19-22-25-28-31-34-37-43-54-52(58)42-48-55(44-38-35-32-29-26-23-20-17-14-11-8-5-2)45-40-41-47-56(50-51(57)49-53)46-39-36-33-30-27-24-21-18-15-12-9-6-3/h51,57H,4-50,53H2,1-3H3,(H,54,58). The van der Waals surface area contributed by atoms with Crippen LogP contribution in [0.15, 0.2) is 0 Å². The Bertz CT molecular complexity index is 782. The first-order chi connectivity index (χ1) is 28.6. The van der Waals surface area contributed by atoms with Gasteiger partial charge in [-0.2, -0.15) is 0 Å². The monoisotopic (exact) mass is 821 g/mol. The van der Waals surface area contributed by atoms with Crippen molar-refractivity contribution in [2.45, 2.75) is 277 Å². The minimum absolute atomic E-state index is 0.229. The summed E-state index contributed by atoms with van der Waals surface area (Å²) < 4.78 is 0. The second-order valence-corrected chi connectivity index (χ2v) is 18.5. The average molecular weight is 821 g/mol. The molecule has 0 aliphatic rings. The lowest BCUT2D eigenvalue weighted by molar-refractivity contribution is -0.121. The molecular weight excluding hydrogens is 713 g/mol. The third-order valence-corrected chi connectivity index (χ3v) is 12.6. The minimum atomic E-state index is -0.437. The summed E-state index contributed by atoms with van der Waals surface area (Å²) in [5.74, 6) is 0.229. The first-order valence-electron chi connectivity index (χ1n) is 26.7. The van der Waals surface area contributed by atoms with Crippen molar-refractivity contribution in [3.8, 4) is 0 Å². The summed E-state index contributed by atoms with van der Waals surface area (Å²) in [6.07, 6.45) is 51.5. The topological polar surface area (TPSA) is 81.8 Å². The summed E-state index contributed by atoms with van der Waals surface area (Å²) in [6.45, 7) is 13.9. The van der Waals surface area contributed by atoms with Crippen molar-refractivity contribution >= 4 is 5.91 Å². The van der Waals surface area contributed by atoms with Crippen LogP contribution < -0.4 is 11.1 Å². The van der Waals surface area contributed by atoms with Crippen molar-refractivity contribution in [2.75, 3.05) is 52.4 Å². The molecule has 0 spiro atoms. The molecule has 1 unspecified atom stereocenters. The summed E-state index contributed by atoms with van der Waals surface area (Å²) in [5.41, 5.74) is 5.83. The maximum Gasteiger partial charge on any atom is 0.221 e. The molecule has 0 rings (SSSR count). The van der Waals surface area contributed by atoms with Crippen LogP contribution in [-0.2, 0) is 4.79 Å². The van der Waals surface area contributed by atoms with E-state index in [2.05, 4.69) is 35.9 Å². The van der Waals surface area contributed by atoms with Crippen LogP contribution in [0.5, 0.6) is 0 Å². The molecule has 0 aromatic rings. The predicted octanol–water partition coefficient (Wildman–Crippen LogP) is 14.3. The summed E-state index contributed by atoms with van der Waals surface area (Å²) in [5, 5.41) is 13.6. The predicted molar refractivity (Wildman–Crippen MR) is 258 cm³/mol. The number of carbonyl (C=O) groups is 1. The third kappa shape index (κ3) is 44.9. The SMILES string of the molecule is CCCCCCCCCCCCCCNC(=O)CCN(CCCCCCCCCCCCCC)CCCCN(CCCCCCCCCCCCCC)CC(O)CN. The fourth-order valence-electron chi connectivity index (χ4n) is 8.57. The van der Waals surface area contributed by atoms with Gasteiger partial charge in [-0.25, -0.2) is 0 Å². The summed E-state index contributed by atoms with van der Waals surface area (Å²) in [7, 11) is 0. The van der Waals surface area contributed by atoms with Crippen molar-refractivity contribution < 1.29 is 9.90 Å². The van der Waals surface area contributed by atoms with Crippen LogP contribution in [0.1, 0.15) is 271 Å². The number of aliphatic hydroxyl groups is 1. The number of amides is 1. The van der Waals surface area contributed by atoms with Crippen LogP contribution in [0, 0.1) is 0 Å². The average Bonchev–Trinajstić information content (AvgIpc) is 3.23. The molecule has 0 bridgehead atoms. The van der Waals surface area contributed by atoms with Gasteiger partial charge in [-0.15, -0.1) is 0 Å². The molecule has 6 nitrogen and oxygen atoms in total. The van der Waals surface area contributed by atoms with Gasteiger partial charge in [0, 0.05) is 32.6 Å². The van der Waals surface area contributed by atoms with E-state index in [-0.39, 0.29) is 5.91 Å². The second-order valence-electron chi connectivity index (χ2n) is 18.5. The van der Waals surface area contributed by atoms with Crippen LogP contribution >= 0.6 is 0 Å². The molecule has 0 aliphatic carbocycles. The number of hydrogen-bond acceptors (Lipinski definition) is 5. The van der Waals surface area contributed by atoms with Gasteiger partial charge >= 0.3 is 0 Å². The zero-order valence-corrected chi connectivity index (χ0v) is 40.1. The number of hydrogen-bond donors (Lipinski definition) is 3. The van der Waals surface area contributed by atoms with Gasteiger partial charge in [0.25, 0.3) is 0 Å². The molecule has 6 heteroatoms. The van der Waals surface area contributed by atoms with E-state index in [9.17, 15) is 9.90 Å². The number of nitrogens with zero attached hydrogens (tertiary/aromatic N) is 2. The van der Waals surface area contributed by atoms with Crippen molar-refractivity contribution in [2.24, 2.45) is 5.73 Å². The maximum absolute atomic E-state index is 12.9. The van der Waals surface area contributed by atoms with E-state index in [0.29, 0.717) is 19.5 Å². The van der Waals surface area contributed by atoms with E-state index in [0.717, 1.165) is 58.5 Å². The van der Waals surface area contributed by atoms with E-state index in [1.54, 1.807) is 0 Å². The molecule has 0 radical (unpaired) electrons. The molecule has 0 saturated heterocycles. The zero-order valence-electron chi connectivity index (χ0n) is 40.1. The molecule has 0 saturated carbocycles. The highest BCUT2D eigenvalue weighted by Crippen LogP contribution is 2.15. The van der Waals surface area contributed by atoms with Crippen molar-refractivity contribution in [1.29, 1.82) is 0 Å². The number of unbranched alkanes of at least 4 members (excludes halogenated alkanes) is 34. The lowest BCUT2D eigenvalue weighted by Gasteiger charge is -2.26. The van der Waals surface area contributed by atoms with E-state index in [1.165, 1.54) is 225 Å². The summed E-state index contributed by atoms with van der Waals surface area (Å²) >= 11 is 0. The highest BCUT2D eigenvalue weighted by atomic mass is 16.3. The third-order valence-electron chi connectivity index (χ3n) is 12.6. The Labute approximate surface area is 365 Å². The van der Waals surface area contributed by atoms with Crippen molar-refractivity contribution in [3.63, 3.8) is 0 Å². The molecule has 1 amide bonds. The summed E-state index contributed by atoms with van der Waals surface area (Å²) in [4.78, 5) is 17.9. The Balaban J connectivity index is 4.48. The molecule has 0 aromatic heterocycles.